The van der Waals surface area contributed by atoms with Crippen molar-refractivity contribution in [1.82, 2.24) is 0 Å². The highest BCUT2D eigenvalue weighted by Crippen LogP contribution is 2.41. The summed E-state index contributed by atoms with van der Waals surface area (Å²) in [6, 6.07) is 17.3. The van der Waals surface area contributed by atoms with E-state index in [-0.39, 0.29) is 0 Å². The van der Waals surface area contributed by atoms with Gasteiger partial charge in [0.15, 0.2) is 0 Å². The van der Waals surface area contributed by atoms with Crippen LogP contribution in [0.3, 0.4) is 0 Å². The van der Waals surface area contributed by atoms with Crippen molar-refractivity contribution in [2.24, 2.45) is 0 Å². The van der Waals surface area contributed by atoms with Gasteiger partial charge in [-0.25, -0.2) is 0 Å². The van der Waals surface area contributed by atoms with Crippen molar-refractivity contribution in [2.45, 2.75) is 40.0 Å². The SMILES string of the molecule is CCCc1cc2c(c(-c3ccccc3)c1C)C=C(c1ccc(C)o1)C2. The lowest BCUT2D eigenvalue weighted by Crippen LogP contribution is -1.98. The van der Waals surface area contributed by atoms with Crippen molar-refractivity contribution in [1.29, 1.82) is 0 Å². The summed E-state index contributed by atoms with van der Waals surface area (Å²) in [4.78, 5) is 0. The molecular formula is C24H24O. The molecule has 0 saturated carbocycles. The molecule has 0 radical (unpaired) electrons. The van der Waals surface area contributed by atoms with Gasteiger partial charge in [-0.2, -0.15) is 0 Å². The molecule has 1 heteroatoms. The van der Waals surface area contributed by atoms with Crippen LogP contribution in [-0.2, 0) is 12.8 Å². The maximum atomic E-state index is 5.88. The zero-order chi connectivity index (χ0) is 17.4. The Kier molecular flexibility index (Phi) is 4.09. The van der Waals surface area contributed by atoms with Crippen molar-refractivity contribution in [3.63, 3.8) is 0 Å². The zero-order valence-electron chi connectivity index (χ0n) is 15.2. The molecule has 2 aromatic carbocycles. The van der Waals surface area contributed by atoms with Gasteiger partial charge >= 0.3 is 0 Å². The van der Waals surface area contributed by atoms with Crippen molar-refractivity contribution in [2.75, 3.05) is 0 Å². The van der Waals surface area contributed by atoms with E-state index < -0.39 is 0 Å². The van der Waals surface area contributed by atoms with E-state index in [1.807, 2.05) is 13.0 Å². The van der Waals surface area contributed by atoms with Gasteiger partial charge < -0.3 is 4.42 Å². The first-order valence-electron chi connectivity index (χ1n) is 9.15. The summed E-state index contributed by atoms with van der Waals surface area (Å²) in [6.07, 6.45) is 5.59. The molecule has 1 aliphatic carbocycles. The maximum absolute atomic E-state index is 5.88. The third-order valence-corrected chi connectivity index (χ3v) is 5.16. The molecule has 0 spiro atoms. The molecule has 0 bridgehead atoms. The van der Waals surface area contributed by atoms with E-state index in [1.165, 1.54) is 45.4 Å². The van der Waals surface area contributed by atoms with Gasteiger partial charge in [-0.15, -0.1) is 0 Å². The predicted molar refractivity (Wildman–Crippen MR) is 106 cm³/mol. The largest absolute Gasteiger partial charge is 0.462 e. The molecule has 0 saturated heterocycles. The normalized spacial score (nSPS) is 13.0. The highest BCUT2D eigenvalue weighted by molar-refractivity contribution is 5.94. The van der Waals surface area contributed by atoms with Gasteiger partial charge in [0.25, 0.3) is 0 Å². The maximum Gasteiger partial charge on any atom is 0.130 e. The second-order valence-electron chi connectivity index (χ2n) is 6.98. The second-order valence-corrected chi connectivity index (χ2v) is 6.98. The van der Waals surface area contributed by atoms with E-state index in [0.29, 0.717) is 0 Å². The van der Waals surface area contributed by atoms with E-state index >= 15 is 0 Å². The van der Waals surface area contributed by atoms with Crippen molar-refractivity contribution < 1.29 is 4.42 Å². The van der Waals surface area contributed by atoms with Gasteiger partial charge in [-0.05, 0) is 77.4 Å². The molecule has 126 valence electrons. The summed E-state index contributed by atoms with van der Waals surface area (Å²) in [5.41, 5.74) is 9.67. The van der Waals surface area contributed by atoms with E-state index in [2.05, 4.69) is 62.4 Å². The Bertz CT molecular complexity index is 942. The summed E-state index contributed by atoms with van der Waals surface area (Å²) < 4.78 is 5.88. The van der Waals surface area contributed by atoms with Gasteiger partial charge in [0, 0.05) is 6.42 Å². The quantitative estimate of drug-likeness (QED) is 0.525. The summed E-state index contributed by atoms with van der Waals surface area (Å²) in [6.45, 7) is 6.53. The summed E-state index contributed by atoms with van der Waals surface area (Å²) >= 11 is 0. The van der Waals surface area contributed by atoms with E-state index in [1.54, 1.807) is 0 Å². The van der Waals surface area contributed by atoms with Crippen molar-refractivity contribution >= 4 is 11.6 Å². The van der Waals surface area contributed by atoms with Gasteiger partial charge in [0.05, 0.1) is 0 Å². The molecule has 1 aliphatic rings. The van der Waals surface area contributed by atoms with Crippen LogP contribution in [0.15, 0.2) is 52.9 Å². The third-order valence-electron chi connectivity index (χ3n) is 5.16. The lowest BCUT2D eigenvalue weighted by molar-refractivity contribution is 0.521. The van der Waals surface area contributed by atoms with Crippen LogP contribution in [0.2, 0.25) is 0 Å². The molecule has 0 amide bonds. The Morgan fingerprint density at radius 2 is 1.80 bits per heavy atom. The van der Waals surface area contributed by atoms with Crippen LogP contribution in [0.1, 0.15) is 47.1 Å². The summed E-state index contributed by atoms with van der Waals surface area (Å²) in [5.74, 6) is 1.97. The predicted octanol–water partition coefficient (Wildman–Crippen LogP) is 6.61. The molecule has 1 heterocycles. The van der Waals surface area contributed by atoms with Crippen LogP contribution < -0.4 is 0 Å². The third kappa shape index (κ3) is 2.84. The lowest BCUT2D eigenvalue weighted by atomic mass is 9.88. The number of benzene rings is 2. The number of rotatable bonds is 4. The molecule has 0 aliphatic heterocycles. The summed E-state index contributed by atoms with van der Waals surface area (Å²) in [5, 5.41) is 0. The molecule has 4 rings (SSSR count). The average molecular weight is 328 g/mol. The Hall–Kier alpha value is -2.54. The van der Waals surface area contributed by atoms with E-state index in [9.17, 15) is 0 Å². The second kappa shape index (κ2) is 6.40. The molecule has 1 aromatic heterocycles. The fraction of sp³-hybridized carbons (Fsp3) is 0.250. The van der Waals surface area contributed by atoms with Gasteiger partial charge in [0.2, 0.25) is 0 Å². The van der Waals surface area contributed by atoms with Crippen LogP contribution >= 0.6 is 0 Å². The van der Waals surface area contributed by atoms with E-state index in [0.717, 1.165) is 24.4 Å². The number of hydrogen-bond acceptors (Lipinski definition) is 1. The number of aryl methyl sites for hydroxylation is 2. The number of fused-ring (bicyclic) bond motifs is 1. The molecule has 0 N–H and O–H groups in total. The van der Waals surface area contributed by atoms with E-state index in [4.69, 9.17) is 4.42 Å². The molecule has 0 atom stereocenters. The Labute approximate surface area is 150 Å². The van der Waals surface area contributed by atoms with Crippen LogP contribution in [-0.4, -0.2) is 0 Å². The fourth-order valence-electron chi connectivity index (χ4n) is 3.93. The van der Waals surface area contributed by atoms with Crippen LogP contribution in [0, 0.1) is 13.8 Å². The molecule has 25 heavy (non-hydrogen) atoms. The standard InChI is InChI=1S/C24H24O/c1-4-8-19-13-20-14-21(23-12-11-16(2)25-23)15-22(20)24(17(19)3)18-9-6-5-7-10-18/h5-7,9-13,15H,4,8,14H2,1-3H3. The van der Waals surface area contributed by atoms with Gasteiger partial charge in [0.1, 0.15) is 11.5 Å². The number of furan rings is 1. The summed E-state index contributed by atoms with van der Waals surface area (Å²) in [7, 11) is 0. The average Bonchev–Trinajstić information content (AvgIpc) is 3.22. The van der Waals surface area contributed by atoms with Gasteiger partial charge in [-0.3, -0.25) is 0 Å². The minimum atomic E-state index is 0.957. The Balaban J connectivity index is 1.89. The fourth-order valence-corrected chi connectivity index (χ4v) is 3.93. The minimum absolute atomic E-state index is 0.957. The smallest absolute Gasteiger partial charge is 0.130 e. The highest BCUT2D eigenvalue weighted by Gasteiger charge is 2.22. The first-order chi connectivity index (χ1) is 12.2. The molecular weight excluding hydrogens is 304 g/mol. The zero-order valence-corrected chi connectivity index (χ0v) is 15.2. The van der Waals surface area contributed by atoms with Crippen molar-refractivity contribution in [3.05, 3.63) is 82.3 Å². The number of allylic oxidation sites excluding steroid dienone is 1. The van der Waals surface area contributed by atoms with Crippen LogP contribution in [0.5, 0.6) is 0 Å². The molecule has 1 nitrogen and oxygen atoms in total. The molecule has 3 aromatic rings. The molecule has 0 fully saturated rings. The minimum Gasteiger partial charge on any atom is -0.462 e. The Morgan fingerprint density at radius 1 is 1.00 bits per heavy atom. The first kappa shape index (κ1) is 16.0. The lowest BCUT2D eigenvalue weighted by Gasteiger charge is -2.16. The topological polar surface area (TPSA) is 13.1 Å². The number of hydrogen-bond donors (Lipinski definition) is 0. The van der Waals surface area contributed by atoms with Crippen LogP contribution in [0.4, 0.5) is 0 Å². The first-order valence-corrected chi connectivity index (χ1v) is 9.15. The molecule has 0 unspecified atom stereocenters. The van der Waals surface area contributed by atoms with Gasteiger partial charge in [-0.1, -0.05) is 49.7 Å². The van der Waals surface area contributed by atoms with Crippen molar-refractivity contribution in [3.8, 4) is 11.1 Å². The Morgan fingerprint density at radius 3 is 2.48 bits per heavy atom. The monoisotopic (exact) mass is 328 g/mol. The highest BCUT2D eigenvalue weighted by atomic mass is 16.3. The van der Waals surface area contributed by atoms with Crippen LogP contribution in [0.25, 0.3) is 22.8 Å².